The molecule has 0 radical (unpaired) electrons. The third-order valence-electron chi connectivity index (χ3n) is 6.00. The molecular weight excluding hydrogens is 454 g/mol. The lowest BCUT2D eigenvalue weighted by Crippen LogP contribution is -2.42. The zero-order valence-electron chi connectivity index (χ0n) is 20.9. The van der Waals surface area contributed by atoms with E-state index in [-0.39, 0.29) is 6.10 Å². The molecule has 1 fully saturated rings. The number of hydrogen-bond donors (Lipinski definition) is 1. The maximum Gasteiger partial charge on any atom is 0.226 e. The van der Waals surface area contributed by atoms with Crippen LogP contribution in [-0.4, -0.2) is 52.0 Å². The minimum absolute atomic E-state index is 0.136. The van der Waals surface area contributed by atoms with Crippen LogP contribution in [0.3, 0.4) is 0 Å². The Bertz CT molecular complexity index is 1420. The molecule has 184 valence electrons. The van der Waals surface area contributed by atoms with Crippen LogP contribution in [0.2, 0.25) is 0 Å². The second-order valence-electron chi connectivity index (χ2n) is 8.80. The number of aryl methyl sites for hydroxylation is 2. The highest BCUT2D eigenvalue weighted by molar-refractivity contribution is 5.87. The Morgan fingerprint density at radius 3 is 2.81 bits per heavy atom. The minimum Gasteiger partial charge on any atom is -0.457 e. The third-order valence-corrected chi connectivity index (χ3v) is 6.00. The van der Waals surface area contributed by atoms with E-state index >= 15 is 0 Å². The van der Waals surface area contributed by atoms with Crippen LogP contribution in [0.4, 0.5) is 23.1 Å². The molecule has 0 spiro atoms. The molecule has 1 unspecified atom stereocenters. The number of anilines is 3. The van der Waals surface area contributed by atoms with Crippen molar-refractivity contribution in [3.8, 4) is 11.5 Å². The summed E-state index contributed by atoms with van der Waals surface area (Å²) >= 11 is 0. The second kappa shape index (κ2) is 10.2. The number of benzene rings is 2. The molecule has 1 atom stereocenters. The van der Waals surface area contributed by atoms with Gasteiger partial charge >= 0.3 is 0 Å². The summed E-state index contributed by atoms with van der Waals surface area (Å²) < 4.78 is 11.8. The largest absolute Gasteiger partial charge is 0.457 e. The summed E-state index contributed by atoms with van der Waals surface area (Å²) in [5.74, 6) is 2.79. The lowest BCUT2D eigenvalue weighted by Gasteiger charge is -2.31. The number of aromatic nitrogens is 4. The summed E-state index contributed by atoms with van der Waals surface area (Å²) in [7, 11) is 0. The zero-order chi connectivity index (χ0) is 25.1. The maximum absolute atomic E-state index is 6.15. The van der Waals surface area contributed by atoms with E-state index in [0.29, 0.717) is 29.4 Å². The number of morpholine rings is 1. The Morgan fingerprint density at radius 2 is 2.00 bits per heavy atom. The van der Waals surface area contributed by atoms with E-state index in [4.69, 9.17) is 14.5 Å². The van der Waals surface area contributed by atoms with Crippen molar-refractivity contribution in [2.24, 2.45) is 4.99 Å². The van der Waals surface area contributed by atoms with Crippen LogP contribution >= 0.6 is 0 Å². The molecule has 1 aliphatic heterocycles. The fourth-order valence-corrected chi connectivity index (χ4v) is 4.12. The van der Waals surface area contributed by atoms with Gasteiger partial charge in [0.2, 0.25) is 5.95 Å². The molecule has 9 nitrogen and oxygen atoms in total. The molecule has 9 heteroatoms. The summed E-state index contributed by atoms with van der Waals surface area (Å²) in [6.07, 6.45) is 5.18. The van der Waals surface area contributed by atoms with Crippen LogP contribution in [0, 0.1) is 13.8 Å². The van der Waals surface area contributed by atoms with Crippen molar-refractivity contribution < 1.29 is 9.47 Å². The summed E-state index contributed by atoms with van der Waals surface area (Å²) in [6, 6.07) is 11.8. The fraction of sp³-hybridized carbons (Fsp3) is 0.296. The van der Waals surface area contributed by atoms with E-state index in [0.717, 1.165) is 47.1 Å². The quantitative estimate of drug-likeness (QED) is 0.358. The molecule has 1 N–H and O–H groups in total. The predicted molar refractivity (Wildman–Crippen MR) is 142 cm³/mol. The number of fused-ring (bicyclic) bond motifs is 1. The van der Waals surface area contributed by atoms with Crippen LogP contribution in [-0.2, 0) is 4.74 Å². The van der Waals surface area contributed by atoms with E-state index in [1.165, 1.54) is 6.33 Å². The van der Waals surface area contributed by atoms with Crippen LogP contribution < -0.4 is 15.0 Å². The van der Waals surface area contributed by atoms with Gasteiger partial charge in [0.15, 0.2) is 5.82 Å². The Balaban J connectivity index is 1.38. The van der Waals surface area contributed by atoms with E-state index in [2.05, 4.69) is 37.1 Å². The van der Waals surface area contributed by atoms with Crippen molar-refractivity contribution in [3.63, 3.8) is 0 Å². The minimum atomic E-state index is 0.136. The van der Waals surface area contributed by atoms with Crippen LogP contribution in [0.15, 0.2) is 53.9 Å². The monoisotopic (exact) mass is 483 g/mol. The Morgan fingerprint density at radius 1 is 1.11 bits per heavy atom. The SMILES string of the molecule is CC=Nc1cc(Oc2ccc(Nc3ncnc4cnc(N5CCOC(C)C5)nc34)cc2C)ccc1C. The Kier molecular flexibility index (Phi) is 6.73. The molecule has 1 aliphatic rings. The smallest absolute Gasteiger partial charge is 0.226 e. The van der Waals surface area contributed by atoms with Gasteiger partial charge in [-0.05, 0) is 63.1 Å². The molecule has 1 saturated heterocycles. The Labute approximate surface area is 210 Å². The van der Waals surface area contributed by atoms with Crippen LogP contribution in [0.1, 0.15) is 25.0 Å². The topological polar surface area (TPSA) is 97.6 Å². The highest BCUT2D eigenvalue weighted by Gasteiger charge is 2.20. The number of hydrogen-bond acceptors (Lipinski definition) is 9. The number of ether oxygens (including phenoxy) is 2. The summed E-state index contributed by atoms with van der Waals surface area (Å²) in [5, 5.41) is 3.39. The Hall–Kier alpha value is -4.11. The van der Waals surface area contributed by atoms with Crippen molar-refractivity contribution in [1.82, 2.24) is 19.9 Å². The van der Waals surface area contributed by atoms with Gasteiger partial charge in [0.25, 0.3) is 0 Å². The highest BCUT2D eigenvalue weighted by Crippen LogP contribution is 2.32. The standard InChI is InChI=1S/C27H29N7O2/c1-5-28-22-13-21(8-6-17(22)2)36-24-9-7-20(12-18(24)3)32-26-25-23(30-16-31-26)14-29-27(33-25)34-10-11-35-19(4)15-34/h5-9,12-14,16,19H,10-11,15H2,1-4H3,(H,30,31,32). The fourth-order valence-electron chi connectivity index (χ4n) is 4.12. The predicted octanol–water partition coefficient (Wildman–Crippen LogP) is 5.52. The summed E-state index contributed by atoms with van der Waals surface area (Å²) in [4.78, 5) is 24.6. The van der Waals surface area contributed by atoms with E-state index in [1.807, 2.05) is 57.2 Å². The first-order valence-electron chi connectivity index (χ1n) is 12.0. The van der Waals surface area contributed by atoms with Crippen molar-refractivity contribution in [3.05, 3.63) is 60.0 Å². The number of aliphatic imine (C=N–C) groups is 1. The third kappa shape index (κ3) is 5.11. The van der Waals surface area contributed by atoms with Gasteiger partial charge in [-0.25, -0.2) is 19.9 Å². The first kappa shape index (κ1) is 23.6. The molecule has 0 saturated carbocycles. The van der Waals surface area contributed by atoms with Gasteiger partial charge in [-0.15, -0.1) is 0 Å². The number of nitrogens with one attached hydrogen (secondary N) is 1. The lowest BCUT2D eigenvalue weighted by atomic mass is 10.2. The van der Waals surface area contributed by atoms with Crippen LogP contribution in [0.5, 0.6) is 11.5 Å². The molecular formula is C27H29N7O2. The van der Waals surface area contributed by atoms with Crippen molar-refractivity contribution in [2.75, 3.05) is 29.9 Å². The van der Waals surface area contributed by atoms with Crippen molar-refractivity contribution in [2.45, 2.75) is 33.8 Å². The molecule has 0 bridgehead atoms. The molecule has 4 aromatic rings. The molecule has 0 amide bonds. The van der Waals surface area contributed by atoms with Gasteiger partial charge in [-0.1, -0.05) is 6.07 Å². The van der Waals surface area contributed by atoms with Crippen molar-refractivity contribution in [1.29, 1.82) is 0 Å². The summed E-state index contributed by atoms with van der Waals surface area (Å²) in [6.45, 7) is 10.1. The number of rotatable bonds is 6. The van der Waals surface area contributed by atoms with Gasteiger partial charge in [-0.3, -0.25) is 4.99 Å². The van der Waals surface area contributed by atoms with Gasteiger partial charge in [0.1, 0.15) is 28.9 Å². The average Bonchev–Trinajstić information content (AvgIpc) is 2.88. The highest BCUT2D eigenvalue weighted by atomic mass is 16.5. The van der Waals surface area contributed by atoms with Crippen molar-refractivity contribution >= 4 is 40.4 Å². The van der Waals surface area contributed by atoms with E-state index < -0.39 is 0 Å². The first-order valence-corrected chi connectivity index (χ1v) is 12.0. The van der Waals surface area contributed by atoms with Crippen LogP contribution in [0.25, 0.3) is 11.0 Å². The second-order valence-corrected chi connectivity index (χ2v) is 8.80. The normalized spacial score (nSPS) is 16.0. The molecule has 2 aromatic carbocycles. The summed E-state index contributed by atoms with van der Waals surface area (Å²) in [5.41, 5.74) is 5.21. The van der Waals surface area contributed by atoms with Gasteiger partial charge in [0.05, 0.1) is 24.6 Å². The zero-order valence-corrected chi connectivity index (χ0v) is 20.9. The maximum atomic E-state index is 6.15. The molecule has 36 heavy (non-hydrogen) atoms. The van der Waals surface area contributed by atoms with Gasteiger partial charge in [0, 0.05) is 31.1 Å². The molecule has 3 heterocycles. The molecule has 0 aliphatic carbocycles. The first-order chi connectivity index (χ1) is 17.5. The molecule has 5 rings (SSSR count). The number of nitrogens with zero attached hydrogens (tertiary/aromatic N) is 6. The van der Waals surface area contributed by atoms with E-state index in [9.17, 15) is 0 Å². The molecule has 2 aromatic heterocycles. The van der Waals surface area contributed by atoms with Gasteiger partial charge in [-0.2, -0.15) is 0 Å². The van der Waals surface area contributed by atoms with E-state index in [1.54, 1.807) is 12.4 Å². The van der Waals surface area contributed by atoms with Gasteiger partial charge < -0.3 is 19.7 Å². The average molecular weight is 484 g/mol. The lowest BCUT2D eigenvalue weighted by molar-refractivity contribution is 0.0526.